The zero-order valence-electron chi connectivity index (χ0n) is 8.33. The Hall–Kier alpha value is -1.80. The molecule has 1 N–H and O–H groups in total. The first-order chi connectivity index (χ1) is 7.77. The number of aromatic nitrogens is 1. The molecule has 0 aliphatic heterocycles. The number of rotatable bonds is 0. The molecule has 0 saturated carbocycles. The number of fused-ring (bicyclic) bond motifs is 2. The largest absolute Gasteiger partial charge is 0.354 e. The predicted octanol–water partition coefficient (Wildman–Crippen LogP) is 3.33. The summed E-state index contributed by atoms with van der Waals surface area (Å²) in [4.78, 5) is 15.4. The van der Waals surface area contributed by atoms with E-state index in [0.29, 0.717) is 15.8 Å². The van der Waals surface area contributed by atoms with Crippen molar-refractivity contribution in [1.29, 1.82) is 0 Å². The lowest BCUT2D eigenvalue weighted by atomic mass is 10.1. The maximum atomic E-state index is 12.2. The van der Waals surface area contributed by atoms with Crippen LogP contribution in [0.15, 0.2) is 47.3 Å². The van der Waals surface area contributed by atoms with Gasteiger partial charge >= 0.3 is 0 Å². The van der Waals surface area contributed by atoms with Crippen LogP contribution in [-0.2, 0) is 0 Å². The zero-order chi connectivity index (χ0) is 11.1. The molecule has 3 aromatic rings. The van der Waals surface area contributed by atoms with E-state index < -0.39 is 0 Å². The van der Waals surface area contributed by atoms with E-state index in [1.54, 1.807) is 12.1 Å². The molecule has 3 rings (SSSR count). The molecule has 2 aromatic carbocycles. The molecule has 0 bridgehead atoms. The van der Waals surface area contributed by atoms with Gasteiger partial charge in [-0.05, 0) is 24.3 Å². The minimum atomic E-state index is -0.0186. The third-order valence-electron chi connectivity index (χ3n) is 2.68. The predicted molar refractivity (Wildman–Crippen MR) is 67.1 cm³/mol. The molecule has 0 fully saturated rings. The molecule has 78 valence electrons. The van der Waals surface area contributed by atoms with Crippen LogP contribution in [-0.4, -0.2) is 4.98 Å². The molecule has 0 aliphatic carbocycles. The van der Waals surface area contributed by atoms with Crippen LogP contribution in [0.1, 0.15) is 0 Å². The lowest BCUT2D eigenvalue weighted by Gasteiger charge is -2.03. The summed E-state index contributed by atoms with van der Waals surface area (Å²) in [6.45, 7) is 0. The standard InChI is InChI=1S/C13H8ClNO/c14-9-5-3-7-11-12(9)13(16)8-4-1-2-6-10(8)15-11/h1-7H,(H,15,16). The summed E-state index contributed by atoms with van der Waals surface area (Å²) in [6, 6.07) is 12.8. The van der Waals surface area contributed by atoms with Crippen molar-refractivity contribution < 1.29 is 0 Å². The third-order valence-corrected chi connectivity index (χ3v) is 3.00. The second-order valence-corrected chi connectivity index (χ2v) is 4.07. The first-order valence-corrected chi connectivity index (χ1v) is 5.34. The van der Waals surface area contributed by atoms with Crippen molar-refractivity contribution in [2.24, 2.45) is 0 Å². The zero-order valence-corrected chi connectivity index (χ0v) is 9.08. The van der Waals surface area contributed by atoms with Crippen molar-refractivity contribution in [3.05, 3.63) is 57.7 Å². The van der Waals surface area contributed by atoms with Gasteiger partial charge < -0.3 is 4.98 Å². The van der Waals surface area contributed by atoms with Gasteiger partial charge in [-0.1, -0.05) is 29.8 Å². The Morgan fingerprint density at radius 2 is 1.69 bits per heavy atom. The van der Waals surface area contributed by atoms with Crippen molar-refractivity contribution >= 4 is 33.4 Å². The van der Waals surface area contributed by atoms with Crippen molar-refractivity contribution in [1.82, 2.24) is 4.98 Å². The summed E-state index contributed by atoms with van der Waals surface area (Å²) in [7, 11) is 0. The van der Waals surface area contributed by atoms with Crippen molar-refractivity contribution in [2.75, 3.05) is 0 Å². The number of nitrogens with one attached hydrogen (secondary N) is 1. The van der Waals surface area contributed by atoms with Gasteiger partial charge in [0.2, 0.25) is 0 Å². The van der Waals surface area contributed by atoms with Crippen LogP contribution in [0.4, 0.5) is 0 Å². The van der Waals surface area contributed by atoms with E-state index >= 15 is 0 Å². The molecule has 3 heteroatoms. The van der Waals surface area contributed by atoms with Gasteiger partial charge in [-0.15, -0.1) is 0 Å². The molecule has 1 aromatic heterocycles. The maximum Gasteiger partial charge on any atom is 0.198 e. The fourth-order valence-electron chi connectivity index (χ4n) is 1.93. The quantitative estimate of drug-likeness (QED) is 0.590. The number of hydrogen-bond donors (Lipinski definition) is 1. The normalized spacial score (nSPS) is 11.1. The molecular formula is C13H8ClNO. The van der Waals surface area contributed by atoms with Gasteiger partial charge in [-0.2, -0.15) is 0 Å². The summed E-state index contributed by atoms with van der Waals surface area (Å²) in [5.74, 6) is 0. The van der Waals surface area contributed by atoms with Crippen LogP contribution in [0.25, 0.3) is 21.8 Å². The van der Waals surface area contributed by atoms with E-state index in [2.05, 4.69) is 4.98 Å². The number of aromatic amines is 1. The fraction of sp³-hybridized carbons (Fsp3) is 0. The Morgan fingerprint density at radius 1 is 0.938 bits per heavy atom. The van der Waals surface area contributed by atoms with Crippen LogP contribution in [0.5, 0.6) is 0 Å². The van der Waals surface area contributed by atoms with Crippen LogP contribution < -0.4 is 5.43 Å². The van der Waals surface area contributed by atoms with E-state index in [0.717, 1.165) is 11.0 Å². The average Bonchev–Trinajstić information content (AvgIpc) is 2.29. The Kier molecular flexibility index (Phi) is 1.98. The average molecular weight is 230 g/mol. The van der Waals surface area contributed by atoms with Gasteiger partial charge in [-0.25, -0.2) is 0 Å². The smallest absolute Gasteiger partial charge is 0.198 e. The summed E-state index contributed by atoms with van der Waals surface area (Å²) in [5.41, 5.74) is 1.59. The van der Waals surface area contributed by atoms with Crippen LogP contribution >= 0.6 is 11.6 Å². The highest BCUT2D eigenvalue weighted by Gasteiger charge is 2.07. The molecule has 0 amide bonds. The van der Waals surface area contributed by atoms with Crippen LogP contribution in [0, 0.1) is 0 Å². The van der Waals surface area contributed by atoms with Gasteiger partial charge in [0, 0.05) is 10.9 Å². The number of halogens is 1. The highest BCUT2D eigenvalue weighted by Crippen LogP contribution is 2.21. The molecule has 0 radical (unpaired) electrons. The molecule has 0 saturated heterocycles. The first kappa shape index (κ1) is 9.43. The van der Waals surface area contributed by atoms with E-state index in [-0.39, 0.29) is 5.43 Å². The number of benzene rings is 2. The lowest BCUT2D eigenvalue weighted by molar-refractivity contribution is 1.48. The van der Waals surface area contributed by atoms with Gasteiger partial charge in [0.15, 0.2) is 5.43 Å². The molecule has 16 heavy (non-hydrogen) atoms. The topological polar surface area (TPSA) is 32.9 Å². The van der Waals surface area contributed by atoms with Crippen LogP contribution in [0.3, 0.4) is 0 Å². The number of hydrogen-bond acceptors (Lipinski definition) is 1. The first-order valence-electron chi connectivity index (χ1n) is 4.96. The highest BCUT2D eigenvalue weighted by atomic mass is 35.5. The second kappa shape index (κ2) is 3.35. The van der Waals surface area contributed by atoms with E-state index in [1.165, 1.54) is 0 Å². The van der Waals surface area contributed by atoms with Gasteiger partial charge in [0.1, 0.15) is 0 Å². The van der Waals surface area contributed by atoms with Crippen LogP contribution in [0.2, 0.25) is 5.02 Å². The molecule has 0 spiro atoms. The number of pyridine rings is 1. The minimum absolute atomic E-state index is 0.0186. The van der Waals surface area contributed by atoms with Crippen molar-refractivity contribution in [3.63, 3.8) is 0 Å². The Balaban J connectivity index is 2.67. The molecule has 0 aliphatic rings. The van der Waals surface area contributed by atoms with Crippen molar-refractivity contribution in [3.8, 4) is 0 Å². The number of para-hydroxylation sites is 1. The maximum absolute atomic E-state index is 12.2. The Morgan fingerprint density at radius 3 is 2.56 bits per heavy atom. The molecule has 2 nitrogen and oxygen atoms in total. The van der Waals surface area contributed by atoms with Crippen molar-refractivity contribution in [2.45, 2.75) is 0 Å². The lowest BCUT2D eigenvalue weighted by Crippen LogP contribution is -2.04. The summed E-state index contributed by atoms with van der Waals surface area (Å²) >= 11 is 6.04. The molecule has 0 unspecified atom stereocenters. The van der Waals surface area contributed by atoms with Gasteiger partial charge in [0.05, 0.1) is 15.9 Å². The SMILES string of the molecule is O=c1c2ccccc2[nH]c2cccc(Cl)c12. The monoisotopic (exact) mass is 229 g/mol. The van der Waals surface area contributed by atoms with E-state index in [4.69, 9.17) is 11.6 Å². The van der Waals surface area contributed by atoms with E-state index in [9.17, 15) is 4.79 Å². The highest BCUT2D eigenvalue weighted by molar-refractivity contribution is 6.35. The Bertz CT molecular complexity index is 746. The molecular weight excluding hydrogens is 222 g/mol. The summed E-state index contributed by atoms with van der Waals surface area (Å²) < 4.78 is 0. The summed E-state index contributed by atoms with van der Waals surface area (Å²) in [5, 5.41) is 1.72. The molecule has 1 heterocycles. The number of H-pyrrole nitrogens is 1. The minimum Gasteiger partial charge on any atom is -0.354 e. The fourth-order valence-corrected chi connectivity index (χ4v) is 2.19. The van der Waals surface area contributed by atoms with Gasteiger partial charge in [0.25, 0.3) is 0 Å². The van der Waals surface area contributed by atoms with E-state index in [1.807, 2.05) is 30.3 Å². The molecule has 0 atom stereocenters. The Labute approximate surface area is 96.5 Å². The third kappa shape index (κ3) is 1.24. The summed E-state index contributed by atoms with van der Waals surface area (Å²) in [6.07, 6.45) is 0. The second-order valence-electron chi connectivity index (χ2n) is 3.66. The van der Waals surface area contributed by atoms with Gasteiger partial charge in [-0.3, -0.25) is 4.79 Å².